The van der Waals surface area contributed by atoms with E-state index in [4.69, 9.17) is 4.74 Å². The van der Waals surface area contributed by atoms with Crippen LogP contribution < -0.4 is 0 Å². The van der Waals surface area contributed by atoms with Crippen LogP contribution in [-0.2, 0) is 4.74 Å². The Morgan fingerprint density at radius 3 is 2.89 bits per heavy atom. The molecule has 0 radical (unpaired) electrons. The van der Waals surface area contributed by atoms with E-state index >= 15 is 0 Å². The number of hydrogen-bond donors (Lipinski definition) is 1. The van der Waals surface area contributed by atoms with Gasteiger partial charge in [0, 0.05) is 16.5 Å². The van der Waals surface area contributed by atoms with Gasteiger partial charge in [-0.15, -0.1) is 0 Å². The van der Waals surface area contributed by atoms with E-state index in [9.17, 15) is 4.79 Å². The van der Waals surface area contributed by atoms with Gasteiger partial charge in [0.05, 0.1) is 6.61 Å². The van der Waals surface area contributed by atoms with Gasteiger partial charge < -0.3 is 9.72 Å². The first-order chi connectivity index (χ1) is 8.79. The minimum atomic E-state index is -0.277. The molecule has 1 aromatic heterocycles. The maximum atomic E-state index is 12.0. The maximum Gasteiger partial charge on any atom is 0.355 e. The highest BCUT2D eigenvalue weighted by Crippen LogP contribution is 2.34. The third-order valence-corrected chi connectivity index (χ3v) is 3.11. The zero-order valence-electron chi connectivity index (χ0n) is 10.3. The molecule has 3 nitrogen and oxygen atoms in total. The molecule has 2 aromatic rings. The smallest absolute Gasteiger partial charge is 0.355 e. The number of rotatable bonds is 3. The number of fused-ring (bicyclic) bond motifs is 1. The third kappa shape index (κ3) is 1.92. The number of carbonyl (C=O) groups is 1. The molecule has 0 atom stereocenters. The fraction of sp³-hybridized carbons (Fsp3) is 0.267. The van der Waals surface area contributed by atoms with Gasteiger partial charge in [-0.3, -0.25) is 0 Å². The predicted molar refractivity (Wildman–Crippen MR) is 71.5 cm³/mol. The molecular formula is C15H15NO2. The first-order valence-electron chi connectivity index (χ1n) is 6.27. The summed E-state index contributed by atoms with van der Waals surface area (Å²) in [6.07, 6.45) is 4.40. The van der Waals surface area contributed by atoms with Crippen molar-refractivity contribution in [2.45, 2.75) is 19.8 Å². The number of allylic oxidation sites excluding steroid dienone is 1. The van der Waals surface area contributed by atoms with Crippen molar-refractivity contribution in [1.82, 2.24) is 4.98 Å². The summed E-state index contributed by atoms with van der Waals surface area (Å²) in [6.45, 7) is 2.21. The van der Waals surface area contributed by atoms with E-state index in [-0.39, 0.29) is 5.97 Å². The van der Waals surface area contributed by atoms with Gasteiger partial charge in [-0.2, -0.15) is 0 Å². The molecule has 0 amide bonds. The van der Waals surface area contributed by atoms with Crippen LogP contribution in [0.25, 0.3) is 17.0 Å². The lowest BCUT2D eigenvalue weighted by Gasteiger charge is -2.00. The summed E-state index contributed by atoms with van der Waals surface area (Å²) < 4.78 is 5.10. The molecule has 0 spiro atoms. The summed E-state index contributed by atoms with van der Waals surface area (Å²) in [7, 11) is 0. The Bertz CT molecular complexity index is 631. The summed E-state index contributed by atoms with van der Waals surface area (Å²) in [4.78, 5) is 15.1. The molecule has 1 saturated carbocycles. The highest BCUT2D eigenvalue weighted by atomic mass is 16.5. The summed E-state index contributed by atoms with van der Waals surface area (Å²) in [5.41, 5.74) is 3.91. The predicted octanol–water partition coefficient (Wildman–Crippen LogP) is 3.52. The van der Waals surface area contributed by atoms with E-state index in [1.165, 1.54) is 5.57 Å². The molecule has 1 N–H and O–H groups in total. The van der Waals surface area contributed by atoms with Gasteiger partial charge in [0.25, 0.3) is 0 Å². The van der Waals surface area contributed by atoms with Gasteiger partial charge in [-0.05, 0) is 25.8 Å². The van der Waals surface area contributed by atoms with Crippen LogP contribution in [0.1, 0.15) is 35.8 Å². The van der Waals surface area contributed by atoms with Crippen LogP contribution in [0.15, 0.2) is 29.8 Å². The van der Waals surface area contributed by atoms with Gasteiger partial charge in [0.2, 0.25) is 0 Å². The number of hydrogen-bond acceptors (Lipinski definition) is 2. The van der Waals surface area contributed by atoms with E-state index < -0.39 is 0 Å². The van der Waals surface area contributed by atoms with Crippen molar-refractivity contribution in [3.8, 4) is 0 Å². The van der Waals surface area contributed by atoms with Crippen molar-refractivity contribution < 1.29 is 9.53 Å². The number of aromatic amines is 1. The lowest BCUT2D eigenvalue weighted by molar-refractivity contribution is 0.0520. The van der Waals surface area contributed by atoms with Crippen LogP contribution in [0.5, 0.6) is 0 Å². The van der Waals surface area contributed by atoms with E-state index in [0.717, 1.165) is 29.3 Å². The Hall–Kier alpha value is -2.03. The van der Waals surface area contributed by atoms with Gasteiger partial charge in [0.15, 0.2) is 0 Å². The second-order valence-corrected chi connectivity index (χ2v) is 4.48. The summed E-state index contributed by atoms with van der Waals surface area (Å²) >= 11 is 0. The molecule has 3 rings (SSSR count). The van der Waals surface area contributed by atoms with Crippen LogP contribution in [0.4, 0.5) is 0 Å². The first-order valence-corrected chi connectivity index (χ1v) is 6.27. The van der Waals surface area contributed by atoms with E-state index in [1.54, 1.807) is 0 Å². The number of benzene rings is 1. The average molecular weight is 241 g/mol. The van der Waals surface area contributed by atoms with Crippen molar-refractivity contribution in [1.29, 1.82) is 0 Å². The molecule has 1 fully saturated rings. The van der Waals surface area contributed by atoms with Crippen molar-refractivity contribution in [3.05, 3.63) is 41.1 Å². The van der Waals surface area contributed by atoms with Crippen molar-refractivity contribution in [3.63, 3.8) is 0 Å². The number of esters is 1. The van der Waals surface area contributed by atoms with Crippen LogP contribution in [0.3, 0.4) is 0 Å². The Balaban J connectivity index is 2.16. The average Bonchev–Trinajstić information content (AvgIpc) is 3.11. The van der Waals surface area contributed by atoms with Gasteiger partial charge in [0.1, 0.15) is 5.69 Å². The molecule has 0 saturated heterocycles. The Morgan fingerprint density at radius 2 is 2.17 bits per heavy atom. The highest BCUT2D eigenvalue weighted by Gasteiger charge is 2.19. The molecule has 0 unspecified atom stereocenters. The number of para-hydroxylation sites is 1. The second-order valence-electron chi connectivity index (χ2n) is 4.48. The third-order valence-electron chi connectivity index (χ3n) is 3.11. The summed E-state index contributed by atoms with van der Waals surface area (Å²) in [5, 5.41) is 1.08. The first kappa shape index (κ1) is 11.1. The van der Waals surface area contributed by atoms with Gasteiger partial charge >= 0.3 is 5.97 Å². The van der Waals surface area contributed by atoms with E-state index in [2.05, 4.69) is 11.1 Å². The normalized spacial score (nSPS) is 13.7. The number of ether oxygens (including phenoxy) is 1. The fourth-order valence-electron chi connectivity index (χ4n) is 2.10. The largest absolute Gasteiger partial charge is 0.461 e. The van der Waals surface area contributed by atoms with E-state index in [0.29, 0.717) is 12.3 Å². The molecule has 1 aliphatic rings. The van der Waals surface area contributed by atoms with Crippen molar-refractivity contribution in [2.75, 3.05) is 6.61 Å². The molecule has 0 bridgehead atoms. The SMILES string of the molecule is CCOC(=O)c1[nH]c2ccccc2c1C=C1CC1. The number of H-pyrrole nitrogens is 1. The van der Waals surface area contributed by atoms with Gasteiger partial charge in [-0.1, -0.05) is 29.8 Å². The van der Waals surface area contributed by atoms with Crippen molar-refractivity contribution >= 4 is 22.9 Å². The molecule has 18 heavy (non-hydrogen) atoms. The fourth-order valence-corrected chi connectivity index (χ4v) is 2.10. The molecule has 0 aliphatic heterocycles. The quantitative estimate of drug-likeness (QED) is 0.835. The lowest BCUT2D eigenvalue weighted by Crippen LogP contribution is -2.06. The zero-order valence-corrected chi connectivity index (χ0v) is 10.3. The maximum absolute atomic E-state index is 12.0. The van der Waals surface area contributed by atoms with Crippen molar-refractivity contribution in [2.24, 2.45) is 0 Å². The Kier molecular flexibility index (Phi) is 2.67. The number of aromatic nitrogens is 1. The van der Waals surface area contributed by atoms with Crippen LogP contribution in [-0.4, -0.2) is 17.6 Å². The topological polar surface area (TPSA) is 42.1 Å². The highest BCUT2D eigenvalue weighted by molar-refractivity contribution is 6.02. The zero-order chi connectivity index (χ0) is 12.5. The minimum Gasteiger partial charge on any atom is -0.461 e. The molecular weight excluding hydrogens is 226 g/mol. The van der Waals surface area contributed by atoms with Crippen LogP contribution in [0.2, 0.25) is 0 Å². The Morgan fingerprint density at radius 1 is 1.39 bits per heavy atom. The van der Waals surface area contributed by atoms with Gasteiger partial charge in [-0.25, -0.2) is 4.79 Å². The number of nitrogens with one attached hydrogen (secondary N) is 1. The summed E-state index contributed by atoms with van der Waals surface area (Å²) in [5.74, 6) is -0.277. The number of carbonyl (C=O) groups excluding carboxylic acids is 1. The lowest BCUT2D eigenvalue weighted by atomic mass is 10.1. The minimum absolute atomic E-state index is 0.277. The monoisotopic (exact) mass is 241 g/mol. The Labute approximate surface area is 105 Å². The molecule has 1 aromatic carbocycles. The molecule has 1 aliphatic carbocycles. The second kappa shape index (κ2) is 4.33. The van der Waals surface area contributed by atoms with Crippen LogP contribution >= 0.6 is 0 Å². The molecule has 3 heteroatoms. The van der Waals surface area contributed by atoms with E-state index in [1.807, 2.05) is 31.2 Å². The molecule has 1 heterocycles. The molecule has 92 valence electrons. The standard InChI is InChI=1S/C15H15NO2/c1-2-18-15(17)14-12(9-10-7-8-10)11-5-3-4-6-13(11)16-14/h3-6,9,16H,2,7-8H2,1H3. The van der Waals surface area contributed by atoms with Crippen LogP contribution in [0, 0.1) is 0 Å². The summed E-state index contributed by atoms with van der Waals surface area (Å²) in [6, 6.07) is 7.96.